The molecule has 1 aliphatic heterocycles. The van der Waals surface area contributed by atoms with Crippen molar-refractivity contribution in [2.75, 3.05) is 32.7 Å². The maximum atomic E-state index is 12.1. The van der Waals surface area contributed by atoms with Crippen LogP contribution in [0.15, 0.2) is 53.6 Å². The number of hydrazone groups is 1. The van der Waals surface area contributed by atoms with Gasteiger partial charge in [0.25, 0.3) is 5.91 Å². The van der Waals surface area contributed by atoms with Gasteiger partial charge in [-0.25, -0.2) is 5.43 Å². The standard InChI is InChI=1S/C21H26N4O2/c1-17-2-4-19(5-3-17)15-24-10-12-25(13-11-24)16-21(27)23-22-14-18-6-8-20(26)9-7-18/h2-9,14,26H,10-13,15-16H2,1H3,(H,23,27). The number of hydrogen-bond acceptors (Lipinski definition) is 4. The van der Waals surface area contributed by atoms with E-state index in [1.807, 2.05) is 0 Å². The van der Waals surface area contributed by atoms with Gasteiger partial charge in [0.1, 0.15) is 0 Å². The third kappa shape index (κ3) is 6.20. The van der Waals surface area contributed by atoms with Crippen molar-refractivity contribution in [1.82, 2.24) is 10.3 Å². The molecule has 0 unspecified atom stereocenters. The minimum Gasteiger partial charge on any atom is -0.872 e. The number of piperazine rings is 1. The first-order chi connectivity index (χ1) is 13.1. The van der Waals surface area contributed by atoms with Crippen LogP contribution in [-0.4, -0.2) is 49.7 Å². The molecule has 2 N–H and O–H groups in total. The fourth-order valence-corrected chi connectivity index (χ4v) is 3.16. The largest absolute Gasteiger partial charge is 0.872 e. The van der Waals surface area contributed by atoms with Crippen LogP contribution in [0.1, 0.15) is 16.7 Å². The molecule has 6 nitrogen and oxygen atoms in total. The molecule has 1 fully saturated rings. The summed E-state index contributed by atoms with van der Waals surface area (Å²) >= 11 is 0. The second-order valence-corrected chi connectivity index (χ2v) is 7.05. The Morgan fingerprint density at radius 1 is 1.15 bits per heavy atom. The Bertz CT molecular complexity index is 764. The molecule has 0 bridgehead atoms. The lowest BCUT2D eigenvalue weighted by Crippen LogP contribution is -3.15. The van der Waals surface area contributed by atoms with Crippen LogP contribution in [0.25, 0.3) is 0 Å². The third-order valence-corrected chi connectivity index (χ3v) is 4.78. The van der Waals surface area contributed by atoms with Crippen molar-refractivity contribution in [3.8, 4) is 5.75 Å². The minimum atomic E-state index is -0.0892. The Hall–Kier alpha value is -2.70. The fourth-order valence-electron chi connectivity index (χ4n) is 3.16. The van der Waals surface area contributed by atoms with Crippen LogP contribution in [0.5, 0.6) is 5.75 Å². The molecular weight excluding hydrogens is 340 g/mol. The maximum absolute atomic E-state index is 12.1. The molecular formula is C21H26N4O2. The normalized spacial score (nSPS) is 15.9. The molecule has 2 aromatic rings. The van der Waals surface area contributed by atoms with Crippen LogP contribution < -0.4 is 15.4 Å². The number of nitrogens with one attached hydrogen (secondary N) is 2. The van der Waals surface area contributed by atoms with Gasteiger partial charge < -0.3 is 10.0 Å². The van der Waals surface area contributed by atoms with Crippen molar-refractivity contribution < 1.29 is 14.8 Å². The SMILES string of the molecule is Cc1ccc(CN2CC[NH+](CC(=O)NN=Cc3ccc([O-])cc3)CC2)cc1. The van der Waals surface area contributed by atoms with Crippen LogP contribution in [0.3, 0.4) is 0 Å². The molecule has 1 saturated heterocycles. The monoisotopic (exact) mass is 366 g/mol. The first kappa shape index (κ1) is 19.1. The number of amides is 1. The van der Waals surface area contributed by atoms with Gasteiger partial charge >= 0.3 is 0 Å². The van der Waals surface area contributed by atoms with Crippen molar-refractivity contribution in [2.24, 2.45) is 5.10 Å². The highest BCUT2D eigenvalue weighted by Gasteiger charge is 2.21. The summed E-state index contributed by atoms with van der Waals surface area (Å²) in [6.07, 6.45) is 1.55. The van der Waals surface area contributed by atoms with Crippen LogP contribution in [0.2, 0.25) is 0 Å². The molecule has 1 heterocycles. The molecule has 0 aliphatic carbocycles. The van der Waals surface area contributed by atoms with Gasteiger partial charge in [0.2, 0.25) is 0 Å². The van der Waals surface area contributed by atoms with E-state index in [1.165, 1.54) is 28.2 Å². The van der Waals surface area contributed by atoms with Crippen molar-refractivity contribution in [3.63, 3.8) is 0 Å². The highest BCUT2D eigenvalue weighted by atomic mass is 16.3. The Kier molecular flexibility index (Phi) is 6.57. The number of benzene rings is 2. The average molecular weight is 366 g/mol. The van der Waals surface area contributed by atoms with E-state index < -0.39 is 0 Å². The summed E-state index contributed by atoms with van der Waals surface area (Å²) in [4.78, 5) is 15.8. The van der Waals surface area contributed by atoms with Gasteiger partial charge in [0.05, 0.1) is 19.3 Å². The first-order valence-electron chi connectivity index (χ1n) is 9.29. The number of carbonyl (C=O) groups is 1. The summed E-state index contributed by atoms with van der Waals surface area (Å²) in [5.74, 6) is -0.130. The van der Waals surface area contributed by atoms with Crippen molar-refractivity contribution in [1.29, 1.82) is 0 Å². The second-order valence-electron chi connectivity index (χ2n) is 7.05. The highest BCUT2D eigenvalue weighted by molar-refractivity contribution is 5.82. The van der Waals surface area contributed by atoms with Gasteiger partial charge in [-0.2, -0.15) is 5.10 Å². The lowest BCUT2D eigenvalue weighted by atomic mass is 10.1. The second kappa shape index (κ2) is 9.30. The molecule has 3 rings (SSSR count). The van der Waals surface area contributed by atoms with E-state index >= 15 is 0 Å². The fraction of sp³-hybridized carbons (Fsp3) is 0.333. The Morgan fingerprint density at radius 2 is 1.81 bits per heavy atom. The molecule has 6 heteroatoms. The summed E-state index contributed by atoms with van der Waals surface area (Å²) in [7, 11) is 0. The quantitative estimate of drug-likeness (QED) is 0.555. The molecule has 27 heavy (non-hydrogen) atoms. The molecule has 142 valence electrons. The predicted octanol–water partition coefficient (Wildman–Crippen LogP) is -0.0806. The molecule has 1 amide bonds. The smallest absolute Gasteiger partial charge is 0.295 e. The third-order valence-electron chi connectivity index (χ3n) is 4.78. The topological polar surface area (TPSA) is 72.2 Å². The zero-order valence-electron chi connectivity index (χ0n) is 15.6. The van der Waals surface area contributed by atoms with Gasteiger partial charge in [-0.05, 0) is 18.1 Å². The van der Waals surface area contributed by atoms with E-state index in [-0.39, 0.29) is 11.7 Å². The van der Waals surface area contributed by atoms with Crippen LogP contribution >= 0.6 is 0 Å². The number of aryl methyl sites for hydroxylation is 1. The van der Waals surface area contributed by atoms with Crippen LogP contribution in [0.4, 0.5) is 0 Å². The number of rotatable bonds is 6. The van der Waals surface area contributed by atoms with Crippen molar-refractivity contribution in [3.05, 3.63) is 65.2 Å². The van der Waals surface area contributed by atoms with E-state index in [0.29, 0.717) is 6.54 Å². The number of quaternary nitrogens is 1. The molecule has 0 atom stereocenters. The molecule has 0 aromatic heterocycles. The average Bonchev–Trinajstić information content (AvgIpc) is 2.67. The highest BCUT2D eigenvalue weighted by Crippen LogP contribution is 2.07. The molecule has 2 aromatic carbocycles. The van der Waals surface area contributed by atoms with Gasteiger partial charge in [0.15, 0.2) is 6.54 Å². The van der Waals surface area contributed by atoms with E-state index in [9.17, 15) is 9.90 Å². The van der Waals surface area contributed by atoms with Gasteiger partial charge in [-0.1, -0.05) is 54.1 Å². The lowest BCUT2D eigenvalue weighted by Gasteiger charge is -2.31. The first-order valence-corrected chi connectivity index (χ1v) is 9.29. The number of carbonyl (C=O) groups excluding carboxylic acids is 1. The summed E-state index contributed by atoms with van der Waals surface area (Å²) in [5.41, 5.74) is 5.97. The summed E-state index contributed by atoms with van der Waals surface area (Å²) in [6.45, 7) is 7.37. The zero-order chi connectivity index (χ0) is 19.1. The van der Waals surface area contributed by atoms with E-state index in [1.54, 1.807) is 18.3 Å². The van der Waals surface area contributed by atoms with Crippen molar-refractivity contribution >= 4 is 12.1 Å². The molecule has 0 saturated carbocycles. The summed E-state index contributed by atoms with van der Waals surface area (Å²) < 4.78 is 0. The number of hydrogen-bond donors (Lipinski definition) is 2. The lowest BCUT2D eigenvalue weighted by molar-refractivity contribution is -0.896. The zero-order valence-corrected chi connectivity index (χ0v) is 15.6. The van der Waals surface area contributed by atoms with Crippen LogP contribution in [0, 0.1) is 6.92 Å². The Balaban J connectivity index is 1.37. The predicted molar refractivity (Wildman–Crippen MR) is 104 cm³/mol. The molecule has 1 aliphatic rings. The van der Waals surface area contributed by atoms with Gasteiger partial charge in [0, 0.05) is 19.6 Å². The molecule has 0 spiro atoms. The maximum Gasteiger partial charge on any atom is 0.295 e. The van der Waals surface area contributed by atoms with E-state index in [2.05, 4.69) is 46.6 Å². The minimum absolute atomic E-state index is 0.0405. The number of nitrogens with zero attached hydrogens (tertiary/aromatic N) is 2. The van der Waals surface area contributed by atoms with Gasteiger partial charge in [-0.3, -0.25) is 9.69 Å². The summed E-state index contributed by atoms with van der Waals surface area (Å²) in [5, 5.41) is 15.0. The molecule has 0 radical (unpaired) electrons. The van der Waals surface area contributed by atoms with Crippen LogP contribution in [-0.2, 0) is 11.3 Å². The summed E-state index contributed by atoms with van der Waals surface area (Å²) in [6, 6.07) is 15.0. The van der Waals surface area contributed by atoms with E-state index in [4.69, 9.17) is 0 Å². The van der Waals surface area contributed by atoms with E-state index in [0.717, 1.165) is 38.3 Å². The Labute approximate surface area is 160 Å². The Morgan fingerprint density at radius 3 is 2.48 bits per heavy atom. The van der Waals surface area contributed by atoms with Crippen molar-refractivity contribution in [2.45, 2.75) is 13.5 Å². The van der Waals surface area contributed by atoms with Gasteiger partial charge in [-0.15, -0.1) is 5.75 Å².